The second-order valence-corrected chi connectivity index (χ2v) is 5.21. The lowest BCUT2D eigenvalue weighted by molar-refractivity contribution is -0.137. The number of ether oxygens (including phenoxy) is 1. The number of carbonyl (C=O) groups is 4. The van der Waals surface area contributed by atoms with Crippen molar-refractivity contribution in [1.82, 2.24) is 20.9 Å². The monoisotopic (exact) mass is 324 g/mol. The van der Waals surface area contributed by atoms with Crippen LogP contribution < -0.4 is 16.0 Å². The van der Waals surface area contributed by atoms with E-state index in [0.717, 1.165) is 17.9 Å². The molecule has 0 aromatic heterocycles. The molecule has 1 saturated heterocycles. The highest BCUT2D eigenvalue weighted by Crippen LogP contribution is 2.03. The van der Waals surface area contributed by atoms with Crippen LogP contribution in [0.25, 0.3) is 0 Å². The maximum atomic E-state index is 11.6. The van der Waals surface area contributed by atoms with Crippen LogP contribution in [0.1, 0.15) is 12.8 Å². The molecule has 3 N–H and O–H groups in total. The predicted octanol–water partition coefficient (Wildman–Crippen LogP) is -1.49. The number of carbonyl (C=O) groups excluding carboxylic acids is 4. The second-order valence-electron chi connectivity index (χ2n) is 5.21. The van der Waals surface area contributed by atoms with Crippen LogP contribution in [0.2, 0.25) is 0 Å². The first kappa shape index (κ1) is 16.9. The van der Waals surface area contributed by atoms with Crippen molar-refractivity contribution in [3.8, 4) is 0 Å². The molecule has 1 fully saturated rings. The maximum absolute atomic E-state index is 11.6. The molecule has 0 aromatic carbocycles. The van der Waals surface area contributed by atoms with E-state index in [0.29, 0.717) is 6.54 Å². The van der Waals surface area contributed by atoms with E-state index >= 15 is 0 Å². The van der Waals surface area contributed by atoms with Gasteiger partial charge in [-0.3, -0.25) is 19.3 Å². The SMILES string of the molecule is O=C(CCNC(=O)OC1CCNC1)NCCN1C(=O)C=CC1=O. The van der Waals surface area contributed by atoms with E-state index in [-0.39, 0.29) is 49.9 Å². The summed E-state index contributed by atoms with van der Waals surface area (Å²) in [4.78, 5) is 46.7. The predicted molar refractivity (Wildman–Crippen MR) is 79.2 cm³/mol. The van der Waals surface area contributed by atoms with E-state index in [1.54, 1.807) is 0 Å². The molecule has 9 nitrogen and oxygen atoms in total. The summed E-state index contributed by atoms with van der Waals surface area (Å²) in [5.74, 6) is -1.04. The Morgan fingerprint density at radius 2 is 1.96 bits per heavy atom. The Balaban J connectivity index is 1.52. The zero-order valence-electron chi connectivity index (χ0n) is 12.7. The number of hydrogen-bond acceptors (Lipinski definition) is 6. The molecular weight excluding hydrogens is 304 g/mol. The summed E-state index contributed by atoms with van der Waals surface area (Å²) in [6, 6.07) is 0. The number of imide groups is 1. The van der Waals surface area contributed by atoms with Crippen molar-refractivity contribution >= 4 is 23.8 Å². The van der Waals surface area contributed by atoms with Crippen LogP contribution in [0.4, 0.5) is 4.79 Å². The van der Waals surface area contributed by atoms with Gasteiger partial charge in [-0.05, 0) is 13.0 Å². The third kappa shape index (κ3) is 5.37. The molecule has 23 heavy (non-hydrogen) atoms. The van der Waals surface area contributed by atoms with Crippen LogP contribution in [-0.2, 0) is 19.1 Å². The van der Waals surface area contributed by atoms with Crippen LogP contribution in [-0.4, -0.2) is 67.5 Å². The van der Waals surface area contributed by atoms with Crippen LogP contribution in [0.15, 0.2) is 12.2 Å². The summed E-state index contributed by atoms with van der Waals surface area (Å²) in [7, 11) is 0. The standard InChI is InChI=1S/C14H20N4O5/c19-11(16-7-8-18-12(20)1-2-13(18)21)4-6-17-14(22)23-10-3-5-15-9-10/h1-2,10,15H,3-9H2,(H,16,19)(H,17,22). The lowest BCUT2D eigenvalue weighted by Gasteiger charge is -2.14. The summed E-state index contributed by atoms with van der Waals surface area (Å²) in [6.07, 6.45) is 2.62. The molecule has 2 aliphatic rings. The Hall–Kier alpha value is -2.42. The highest BCUT2D eigenvalue weighted by molar-refractivity contribution is 6.12. The van der Waals surface area contributed by atoms with E-state index in [4.69, 9.17) is 4.74 Å². The summed E-state index contributed by atoms with van der Waals surface area (Å²) >= 11 is 0. The van der Waals surface area contributed by atoms with Gasteiger partial charge in [-0.2, -0.15) is 0 Å². The Morgan fingerprint density at radius 1 is 1.22 bits per heavy atom. The van der Waals surface area contributed by atoms with Crippen molar-refractivity contribution in [2.24, 2.45) is 0 Å². The van der Waals surface area contributed by atoms with E-state index in [1.165, 1.54) is 12.2 Å². The quantitative estimate of drug-likeness (QED) is 0.491. The van der Waals surface area contributed by atoms with E-state index < -0.39 is 6.09 Å². The molecule has 0 aromatic rings. The summed E-state index contributed by atoms with van der Waals surface area (Å²) < 4.78 is 5.13. The van der Waals surface area contributed by atoms with Gasteiger partial charge in [0, 0.05) is 44.8 Å². The topological polar surface area (TPSA) is 117 Å². The highest BCUT2D eigenvalue weighted by Gasteiger charge is 2.22. The number of nitrogens with zero attached hydrogens (tertiary/aromatic N) is 1. The Bertz CT molecular complexity index is 495. The van der Waals surface area contributed by atoms with Crippen LogP contribution >= 0.6 is 0 Å². The second kappa shape index (κ2) is 8.28. The molecule has 0 radical (unpaired) electrons. The first-order chi connectivity index (χ1) is 11.1. The number of nitrogens with one attached hydrogen (secondary N) is 3. The Kier molecular flexibility index (Phi) is 6.10. The van der Waals surface area contributed by atoms with Crippen molar-refractivity contribution in [3.63, 3.8) is 0 Å². The smallest absolute Gasteiger partial charge is 0.407 e. The number of amides is 4. The molecule has 1 atom stereocenters. The molecule has 2 aliphatic heterocycles. The van der Waals surface area contributed by atoms with Gasteiger partial charge in [0.2, 0.25) is 5.91 Å². The molecular formula is C14H20N4O5. The lowest BCUT2D eigenvalue weighted by atomic mass is 10.3. The zero-order chi connectivity index (χ0) is 16.7. The van der Waals surface area contributed by atoms with Gasteiger partial charge in [0.05, 0.1) is 0 Å². The van der Waals surface area contributed by atoms with Crippen LogP contribution in [0, 0.1) is 0 Å². The molecule has 0 aliphatic carbocycles. The van der Waals surface area contributed by atoms with Crippen molar-refractivity contribution in [3.05, 3.63) is 12.2 Å². The van der Waals surface area contributed by atoms with Crippen molar-refractivity contribution in [2.75, 3.05) is 32.7 Å². The highest BCUT2D eigenvalue weighted by atomic mass is 16.6. The van der Waals surface area contributed by atoms with Crippen molar-refractivity contribution < 1.29 is 23.9 Å². The van der Waals surface area contributed by atoms with E-state index in [2.05, 4.69) is 16.0 Å². The fraction of sp³-hybridized carbons (Fsp3) is 0.571. The normalized spacial score (nSPS) is 20.0. The van der Waals surface area contributed by atoms with Gasteiger partial charge >= 0.3 is 6.09 Å². The van der Waals surface area contributed by atoms with Crippen LogP contribution in [0.3, 0.4) is 0 Å². The minimum atomic E-state index is -0.536. The molecule has 0 bridgehead atoms. The molecule has 0 spiro atoms. The minimum absolute atomic E-state index is 0.0954. The fourth-order valence-electron chi connectivity index (χ4n) is 2.25. The molecule has 2 rings (SSSR count). The lowest BCUT2D eigenvalue weighted by Crippen LogP contribution is -2.39. The molecule has 0 saturated carbocycles. The molecule has 9 heteroatoms. The summed E-state index contributed by atoms with van der Waals surface area (Å²) in [6.45, 7) is 1.94. The zero-order valence-corrected chi connectivity index (χ0v) is 12.7. The van der Waals surface area contributed by atoms with E-state index in [9.17, 15) is 19.2 Å². The van der Waals surface area contributed by atoms with Crippen molar-refractivity contribution in [2.45, 2.75) is 18.9 Å². The summed E-state index contributed by atoms with van der Waals surface area (Å²) in [5, 5.41) is 8.17. The Morgan fingerprint density at radius 3 is 2.61 bits per heavy atom. The fourth-order valence-corrected chi connectivity index (χ4v) is 2.25. The first-order valence-electron chi connectivity index (χ1n) is 7.51. The number of hydrogen-bond donors (Lipinski definition) is 3. The van der Waals surface area contributed by atoms with Crippen LogP contribution in [0.5, 0.6) is 0 Å². The van der Waals surface area contributed by atoms with E-state index in [1.807, 2.05) is 0 Å². The third-order valence-corrected chi connectivity index (χ3v) is 3.47. The van der Waals surface area contributed by atoms with Gasteiger partial charge in [-0.1, -0.05) is 0 Å². The van der Waals surface area contributed by atoms with Gasteiger partial charge in [-0.25, -0.2) is 4.79 Å². The largest absolute Gasteiger partial charge is 0.445 e. The van der Waals surface area contributed by atoms with Gasteiger partial charge in [0.1, 0.15) is 6.10 Å². The Labute approximate surface area is 133 Å². The molecule has 1 unspecified atom stereocenters. The average Bonchev–Trinajstić information content (AvgIpc) is 3.11. The minimum Gasteiger partial charge on any atom is -0.445 e. The van der Waals surface area contributed by atoms with Gasteiger partial charge in [0.15, 0.2) is 0 Å². The number of rotatable bonds is 7. The number of alkyl carbamates (subject to hydrolysis) is 1. The maximum Gasteiger partial charge on any atom is 0.407 e. The molecule has 4 amide bonds. The average molecular weight is 324 g/mol. The summed E-state index contributed by atoms with van der Waals surface area (Å²) in [5.41, 5.74) is 0. The third-order valence-electron chi connectivity index (χ3n) is 3.47. The van der Waals surface area contributed by atoms with Gasteiger partial charge < -0.3 is 20.7 Å². The van der Waals surface area contributed by atoms with Gasteiger partial charge in [-0.15, -0.1) is 0 Å². The van der Waals surface area contributed by atoms with Gasteiger partial charge in [0.25, 0.3) is 11.8 Å². The van der Waals surface area contributed by atoms with Crippen molar-refractivity contribution in [1.29, 1.82) is 0 Å². The molecule has 2 heterocycles. The molecule has 126 valence electrons. The first-order valence-corrected chi connectivity index (χ1v) is 7.51.